The van der Waals surface area contributed by atoms with Crippen molar-refractivity contribution in [2.24, 2.45) is 5.92 Å². The maximum absolute atomic E-state index is 13.4. The Hall–Kier alpha value is -0.610. The van der Waals surface area contributed by atoms with E-state index in [0.29, 0.717) is 5.92 Å². The second-order valence-electron chi connectivity index (χ2n) is 5.50. The number of hydrogen-bond donors (Lipinski definition) is 1. The smallest absolute Gasteiger partial charge is 0.126 e. The number of thioether (sulfide) groups is 1. The molecule has 0 spiro atoms. The predicted molar refractivity (Wildman–Crippen MR) is 82.1 cm³/mol. The van der Waals surface area contributed by atoms with Crippen LogP contribution in [0.25, 0.3) is 0 Å². The lowest BCUT2D eigenvalue weighted by molar-refractivity contribution is 0.368. The molecule has 0 saturated carbocycles. The van der Waals surface area contributed by atoms with Crippen LogP contribution in [0.15, 0.2) is 18.2 Å². The van der Waals surface area contributed by atoms with Crippen molar-refractivity contribution in [2.45, 2.75) is 38.6 Å². The summed E-state index contributed by atoms with van der Waals surface area (Å²) in [4.78, 5) is 0. The van der Waals surface area contributed by atoms with Gasteiger partial charge in [-0.25, -0.2) is 8.78 Å². The van der Waals surface area contributed by atoms with E-state index in [-0.39, 0.29) is 6.04 Å². The Morgan fingerprint density at radius 1 is 1.20 bits per heavy atom. The SMILES string of the molecule is CCCNC(CC1CCSCC1)c1cc(F)cc(F)c1. The lowest BCUT2D eigenvalue weighted by Gasteiger charge is -2.27. The van der Waals surface area contributed by atoms with E-state index in [1.165, 1.54) is 36.5 Å². The number of rotatable bonds is 6. The van der Waals surface area contributed by atoms with E-state index in [0.717, 1.165) is 31.0 Å². The molecule has 0 aliphatic carbocycles. The maximum atomic E-state index is 13.4. The van der Waals surface area contributed by atoms with Crippen LogP contribution in [-0.2, 0) is 0 Å². The van der Waals surface area contributed by atoms with E-state index in [4.69, 9.17) is 0 Å². The van der Waals surface area contributed by atoms with Gasteiger partial charge < -0.3 is 5.32 Å². The summed E-state index contributed by atoms with van der Waals surface area (Å²) in [6.45, 7) is 2.98. The molecule has 0 aromatic heterocycles. The van der Waals surface area contributed by atoms with Crippen LogP contribution in [0.4, 0.5) is 8.78 Å². The zero-order chi connectivity index (χ0) is 14.4. The zero-order valence-corrected chi connectivity index (χ0v) is 12.8. The van der Waals surface area contributed by atoms with Gasteiger partial charge in [0.15, 0.2) is 0 Å². The highest BCUT2D eigenvalue weighted by Gasteiger charge is 2.21. The van der Waals surface area contributed by atoms with Gasteiger partial charge in [0.2, 0.25) is 0 Å². The van der Waals surface area contributed by atoms with Gasteiger partial charge in [-0.05, 0) is 67.3 Å². The first-order chi connectivity index (χ1) is 9.69. The third kappa shape index (κ3) is 4.74. The van der Waals surface area contributed by atoms with Gasteiger partial charge in [0.25, 0.3) is 0 Å². The highest BCUT2D eigenvalue weighted by Crippen LogP contribution is 2.31. The second kappa shape index (κ2) is 7.99. The van der Waals surface area contributed by atoms with E-state index in [2.05, 4.69) is 12.2 Å². The first kappa shape index (κ1) is 15.8. The third-order valence-electron chi connectivity index (χ3n) is 3.84. The monoisotopic (exact) mass is 299 g/mol. The highest BCUT2D eigenvalue weighted by atomic mass is 32.2. The molecule has 1 N–H and O–H groups in total. The van der Waals surface area contributed by atoms with Gasteiger partial charge in [-0.2, -0.15) is 11.8 Å². The fourth-order valence-electron chi connectivity index (χ4n) is 2.75. The van der Waals surface area contributed by atoms with E-state index >= 15 is 0 Å². The van der Waals surface area contributed by atoms with Crippen molar-refractivity contribution >= 4 is 11.8 Å². The van der Waals surface area contributed by atoms with Crippen molar-refractivity contribution in [2.75, 3.05) is 18.1 Å². The Kier molecular flexibility index (Phi) is 6.30. The summed E-state index contributed by atoms with van der Waals surface area (Å²) in [7, 11) is 0. The molecule has 1 aromatic carbocycles. The molecule has 1 unspecified atom stereocenters. The van der Waals surface area contributed by atoms with Crippen LogP contribution in [0.5, 0.6) is 0 Å². The Morgan fingerprint density at radius 2 is 1.85 bits per heavy atom. The van der Waals surface area contributed by atoms with Gasteiger partial charge in [-0.15, -0.1) is 0 Å². The Morgan fingerprint density at radius 3 is 2.45 bits per heavy atom. The van der Waals surface area contributed by atoms with Crippen LogP contribution in [0.2, 0.25) is 0 Å². The van der Waals surface area contributed by atoms with Gasteiger partial charge in [-0.1, -0.05) is 6.92 Å². The van der Waals surface area contributed by atoms with E-state index in [1.54, 1.807) is 0 Å². The maximum Gasteiger partial charge on any atom is 0.126 e. The minimum Gasteiger partial charge on any atom is -0.310 e. The molecule has 1 atom stereocenters. The van der Waals surface area contributed by atoms with Crippen molar-refractivity contribution in [3.05, 3.63) is 35.4 Å². The molecule has 1 aromatic rings. The van der Waals surface area contributed by atoms with Crippen LogP contribution in [0.1, 0.15) is 44.2 Å². The van der Waals surface area contributed by atoms with Crippen LogP contribution >= 0.6 is 11.8 Å². The van der Waals surface area contributed by atoms with Gasteiger partial charge >= 0.3 is 0 Å². The van der Waals surface area contributed by atoms with E-state index < -0.39 is 11.6 Å². The van der Waals surface area contributed by atoms with Crippen LogP contribution < -0.4 is 5.32 Å². The van der Waals surface area contributed by atoms with Crippen molar-refractivity contribution in [3.63, 3.8) is 0 Å². The van der Waals surface area contributed by atoms with Crippen molar-refractivity contribution in [1.29, 1.82) is 0 Å². The van der Waals surface area contributed by atoms with Crippen molar-refractivity contribution < 1.29 is 8.78 Å². The zero-order valence-electron chi connectivity index (χ0n) is 12.0. The molecular weight excluding hydrogens is 276 g/mol. The molecule has 4 heteroatoms. The summed E-state index contributed by atoms with van der Waals surface area (Å²) in [6.07, 6.45) is 4.43. The Balaban J connectivity index is 2.08. The normalized spacial score (nSPS) is 18.1. The average molecular weight is 299 g/mol. The molecule has 112 valence electrons. The molecule has 1 saturated heterocycles. The molecule has 1 fully saturated rings. The van der Waals surface area contributed by atoms with Gasteiger partial charge in [0.1, 0.15) is 11.6 Å². The molecule has 1 aliphatic rings. The molecule has 0 bridgehead atoms. The number of hydrogen-bond acceptors (Lipinski definition) is 2. The molecule has 2 rings (SSSR count). The number of nitrogens with one attached hydrogen (secondary N) is 1. The summed E-state index contributed by atoms with van der Waals surface area (Å²) >= 11 is 2.00. The van der Waals surface area contributed by atoms with Crippen molar-refractivity contribution in [1.82, 2.24) is 5.32 Å². The van der Waals surface area contributed by atoms with E-state index in [9.17, 15) is 8.78 Å². The van der Waals surface area contributed by atoms with Crippen LogP contribution in [0.3, 0.4) is 0 Å². The summed E-state index contributed by atoms with van der Waals surface area (Å²) < 4.78 is 26.8. The summed E-state index contributed by atoms with van der Waals surface area (Å²) in [6, 6.07) is 3.94. The van der Waals surface area contributed by atoms with Gasteiger partial charge in [-0.3, -0.25) is 0 Å². The summed E-state index contributed by atoms with van der Waals surface area (Å²) in [5.74, 6) is 2.12. The molecule has 20 heavy (non-hydrogen) atoms. The minimum atomic E-state index is -0.484. The first-order valence-corrected chi connectivity index (χ1v) is 8.61. The quantitative estimate of drug-likeness (QED) is 0.827. The van der Waals surface area contributed by atoms with Crippen LogP contribution in [0, 0.1) is 17.6 Å². The molecule has 1 nitrogen and oxygen atoms in total. The standard InChI is InChI=1S/C16H23F2NS/c1-2-5-19-16(8-12-3-6-20-7-4-12)13-9-14(17)11-15(18)10-13/h9-12,16,19H,2-8H2,1H3. The topological polar surface area (TPSA) is 12.0 Å². The third-order valence-corrected chi connectivity index (χ3v) is 4.89. The number of benzene rings is 1. The second-order valence-corrected chi connectivity index (χ2v) is 6.73. The summed E-state index contributed by atoms with van der Waals surface area (Å²) in [5, 5.41) is 3.45. The van der Waals surface area contributed by atoms with E-state index in [1.807, 2.05) is 11.8 Å². The molecule has 1 heterocycles. The molecule has 0 radical (unpaired) electrons. The molecule has 1 aliphatic heterocycles. The highest BCUT2D eigenvalue weighted by molar-refractivity contribution is 7.99. The predicted octanol–water partition coefficient (Wildman–Crippen LogP) is 4.54. The molecule has 0 amide bonds. The van der Waals surface area contributed by atoms with Gasteiger partial charge in [0, 0.05) is 12.1 Å². The summed E-state index contributed by atoms with van der Waals surface area (Å²) in [5.41, 5.74) is 0.745. The van der Waals surface area contributed by atoms with Crippen molar-refractivity contribution in [3.8, 4) is 0 Å². The minimum absolute atomic E-state index is 0.0632. The Labute approximate surface area is 124 Å². The largest absolute Gasteiger partial charge is 0.310 e. The fraction of sp³-hybridized carbons (Fsp3) is 0.625. The molecular formula is C16H23F2NS. The lowest BCUT2D eigenvalue weighted by atomic mass is 9.90. The first-order valence-electron chi connectivity index (χ1n) is 7.46. The Bertz CT molecular complexity index is 399. The lowest BCUT2D eigenvalue weighted by Crippen LogP contribution is -2.26. The average Bonchev–Trinajstić information content (AvgIpc) is 2.43. The number of halogens is 2. The van der Waals surface area contributed by atoms with Gasteiger partial charge in [0.05, 0.1) is 0 Å². The van der Waals surface area contributed by atoms with Crippen LogP contribution in [-0.4, -0.2) is 18.1 Å². The fourth-order valence-corrected chi connectivity index (χ4v) is 3.95.